The topological polar surface area (TPSA) is 96.9 Å². The Hall–Kier alpha value is -3.22. The summed E-state index contributed by atoms with van der Waals surface area (Å²) in [5, 5.41) is 8.39. The number of carbonyl (C=O) groups excluding carboxylic acids is 1. The van der Waals surface area contributed by atoms with Crippen LogP contribution in [0.5, 0.6) is 11.5 Å². The van der Waals surface area contributed by atoms with Gasteiger partial charge in [0.2, 0.25) is 0 Å². The predicted octanol–water partition coefficient (Wildman–Crippen LogP) is 2.85. The van der Waals surface area contributed by atoms with Gasteiger partial charge in [-0.2, -0.15) is 0 Å². The zero-order valence-electron chi connectivity index (χ0n) is 12.4. The number of amides is 2. The number of carbonyl (C=O) groups is 2. The Labute approximate surface area is 132 Å². The number of rotatable bonds is 4. The average molecular weight is 316 g/mol. The smallest absolute Gasteiger partial charge is 0.431 e. The molecule has 3 N–H and O–H groups in total. The molecule has 0 atom stereocenters. The number of benzene rings is 2. The van der Waals surface area contributed by atoms with Crippen molar-refractivity contribution in [2.24, 2.45) is 0 Å². The van der Waals surface area contributed by atoms with Crippen molar-refractivity contribution >= 4 is 12.2 Å². The van der Waals surface area contributed by atoms with Crippen molar-refractivity contribution in [1.82, 2.24) is 10.9 Å². The normalized spacial score (nSPS) is 9.78. The van der Waals surface area contributed by atoms with Crippen molar-refractivity contribution in [2.45, 2.75) is 13.5 Å². The van der Waals surface area contributed by atoms with Crippen LogP contribution in [0.25, 0.3) is 0 Å². The molecule has 0 aliphatic carbocycles. The molecule has 0 saturated heterocycles. The van der Waals surface area contributed by atoms with Crippen molar-refractivity contribution in [2.75, 3.05) is 0 Å². The predicted molar refractivity (Wildman–Crippen MR) is 82.3 cm³/mol. The number of hydrogen-bond donors (Lipinski definition) is 3. The van der Waals surface area contributed by atoms with E-state index in [0.717, 1.165) is 11.1 Å². The summed E-state index contributed by atoms with van der Waals surface area (Å²) < 4.78 is 10.7. The van der Waals surface area contributed by atoms with Crippen molar-refractivity contribution in [3.8, 4) is 11.5 Å². The molecule has 0 saturated carbocycles. The lowest BCUT2D eigenvalue weighted by atomic mass is 10.2. The third-order valence-electron chi connectivity index (χ3n) is 2.75. The molecule has 7 nitrogen and oxygen atoms in total. The number of hydrogen-bond acceptors (Lipinski definition) is 4. The van der Waals surface area contributed by atoms with E-state index in [-0.39, 0.29) is 5.75 Å². The van der Waals surface area contributed by atoms with Gasteiger partial charge in [0.25, 0.3) is 0 Å². The number of hydrazine groups is 1. The zero-order chi connectivity index (χ0) is 16.7. The van der Waals surface area contributed by atoms with Crippen LogP contribution >= 0.6 is 0 Å². The minimum absolute atomic E-state index is 0.248. The number of ether oxygens (including phenoxy) is 2. The fraction of sp³-hybridized carbons (Fsp3) is 0.125. The van der Waals surface area contributed by atoms with Gasteiger partial charge >= 0.3 is 12.2 Å². The van der Waals surface area contributed by atoms with Crippen molar-refractivity contribution in [3.63, 3.8) is 0 Å². The zero-order valence-corrected chi connectivity index (χ0v) is 12.4. The van der Waals surface area contributed by atoms with Gasteiger partial charge in [-0.3, -0.25) is 0 Å². The summed E-state index contributed by atoms with van der Waals surface area (Å²) in [6.45, 7) is 2.21. The molecule has 23 heavy (non-hydrogen) atoms. The maximum Gasteiger partial charge on any atom is 0.431 e. The van der Waals surface area contributed by atoms with Crippen LogP contribution in [-0.2, 0) is 6.61 Å². The van der Waals surface area contributed by atoms with E-state index in [2.05, 4.69) is 0 Å². The quantitative estimate of drug-likeness (QED) is 0.754. The van der Waals surface area contributed by atoms with Crippen molar-refractivity contribution < 1.29 is 24.2 Å². The lowest BCUT2D eigenvalue weighted by molar-refractivity contribution is 0.175. The SMILES string of the molecule is Cc1cc(OCc2ccccc2)cc(OC(=O)NNC(=O)O)c1. The molecule has 7 heteroatoms. The molecular formula is C16H16N2O5. The molecule has 2 rings (SSSR count). The molecule has 0 aliphatic rings. The average Bonchev–Trinajstić information content (AvgIpc) is 2.51. The Balaban J connectivity index is 1.98. The van der Waals surface area contributed by atoms with Crippen molar-refractivity contribution in [1.29, 1.82) is 0 Å². The second-order valence-corrected chi connectivity index (χ2v) is 4.70. The van der Waals surface area contributed by atoms with Crippen LogP contribution in [0.2, 0.25) is 0 Å². The Morgan fingerprint density at radius 1 is 1.04 bits per heavy atom. The van der Waals surface area contributed by atoms with E-state index in [4.69, 9.17) is 14.6 Å². The highest BCUT2D eigenvalue weighted by atomic mass is 16.6. The first-order chi connectivity index (χ1) is 11.0. The maximum absolute atomic E-state index is 11.4. The monoisotopic (exact) mass is 316 g/mol. The summed E-state index contributed by atoms with van der Waals surface area (Å²) in [5.41, 5.74) is 5.43. The van der Waals surface area contributed by atoms with Crippen LogP contribution in [0.15, 0.2) is 48.5 Å². The molecule has 0 heterocycles. The summed E-state index contributed by atoms with van der Waals surface area (Å²) >= 11 is 0. The number of aryl methyl sites for hydroxylation is 1. The third kappa shape index (κ3) is 5.58. The Morgan fingerprint density at radius 3 is 2.43 bits per heavy atom. The van der Waals surface area contributed by atoms with Crippen molar-refractivity contribution in [3.05, 3.63) is 59.7 Å². The molecule has 0 spiro atoms. The highest BCUT2D eigenvalue weighted by molar-refractivity contribution is 5.74. The van der Waals surface area contributed by atoms with Crippen LogP contribution in [0, 0.1) is 6.92 Å². The summed E-state index contributed by atoms with van der Waals surface area (Å²) in [6, 6.07) is 14.6. The van der Waals surface area contributed by atoms with E-state index in [1.165, 1.54) is 0 Å². The molecule has 0 aromatic heterocycles. The summed E-state index contributed by atoms with van der Waals surface area (Å²) in [6.07, 6.45) is -2.33. The van der Waals surface area contributed by atoms with E-state index in [1.54, 1.807) is 17.6 Å². The Bertz CT molecular complexity index is 688. The standard InChI is InChI=1S/C16H16N2O5/c1-11-7-13(22-10-12-5-3-2-4-6-12)9-14(8-11)23-16(21)18-17-15(19)20/h2-9,17H,10H2,1H3,(H,18,21)(H,19,20). The fourth-order valence-corrected chi connectivity index (χ4v) is 1.83. The minimum Gasteiger partial charge on any atom is -0.489 e. The molecular weight excluding hydrogens is 300 g/mol. The third-order valence-corrected chi connectivity index (χ3v) is 2.75. The number of carboxylic acid groups (broad SMARTS) is 1. The first kappa shape index (κ1) is 16.2. The maximum atomic E-state index is 11.4. The van der Waals surface area contributed by atoms with E-state index < -0.39 is 12.2 Å². The molecule has 0 radical (unpaired) electrons. The summed E-state index contributed by atoms with van der Waals surface area (Å²) in [4.78, 5) is 21.7. The first-order valence-corrected chi connectivity index (χ1v) is 6.78. The van der Waals surface area contributed by atoms with Gasteiger partial charge in [-0.1, -0.05) is 30.3 Å². The fourth-order valence-electron chi connectivity index (χ4n) is 1.83. The van der Waals surface area contributed by atoms with Gasteiger partial charge in [0.15, 0.2) is 0 Å². The summed E-state index contributed by atoms with van der Waals surface area (Å²) in [5.74, 6) is 0.792. The van der Waals surface area contributed by atoms with E-state index >= 15 is 0 Å². The molecule has 2 aromatic rings. The van der Waals surface area contributed by atoms with Gasteiger partial charge in [-0.05, 0) is 30.2 Å². The van der Waals surface area contributed by atoms with E-state index in [9.17, 15) is 9.59 Å². The second-order valence-electron chi connectivity index (χ2n) is 4.70. The molecule has 0 aliphatic heterocycles. The lowest BCUT2D eigenvalue weighted by Crippen LogP contribution is -2.42. The van der Waals surface area contributed by atoms with Crippen LogP contribution in [0.3, 0.4) is 0 Å². The Kier molecular flexibility index (Phi) is 5.40. The lowest BCUT2D eigenvalue weighted by Gasteiger charge is -2.10. The second kappa shape index (κ2) is 7.69. The Morgan fingerprint density at radius 2 is 1.74 bits per heavy atom. The highest BCUT2D eigenvalue weighted by Crippen LogP contribution is 2.23. The largest absolute Gasteiger partial charge is 0.489 e. The minimum atomic E-state index is -1.39. The van der Waals surface area contributed by atoms with Crippen LogP contribution in [-0.4, -0.2) is 17.3 Å². The van der Waals surface area contributed by atoms with E-state index in [1.807, 2.05) is 48.7 Å². The van der Waals surface area contributed by atoms with Gasteiger partial charge < -0.3 is 14.6 Å². The van der Waals surface area contributed by atoms with Gasteiger partial charge in [-0.25, -0.2) is 20.4 Å². The van der Waals surface area contributed by atoms with Gasteiger partial charge in [-0.15, -0.1) is 0 Å². The van der Waals surface area contributed by atoms with Gasteiger partial charge in [0, 0.05) is 6.07 Å². The number of nitrogens with one attached hydrogen (secondary N) is 2. The molecule has 0 bridgehead atoms. The molecule has 120 valence electrons. The van der Waals surface area contributed by atoms with Crippen LogP contribution in [0.4, 0.5) is 9.59 Å². The van der Waals surface area contributed by atoms with E-state index in [0.29, 0.717) is 12.4 Å². The summed E-state index contributed by atoms with van der Waals surface area (Å²) in [7, 11) is 0. The van der Waals surface area contributed by atoms with Gasteiger partial charge in [0.1, 0.15) is 18.1 Å². The molecule has 2 amide bonds. The van der Waals surface area contributed by atoms with Crippen LogP contribution in [0.1, 0.15) is 11.1 Å². The van der Waals surface area contributed by atoms with Crippen LogP contribution < -0.4 is 20.3 Å². The molecule has 0 fully saturated rings. The van der Waals surface area contributed by atoms with Gasteiger partial charge in [0.05, 0.1) is 0 Å². The molecule has 0 unspecified atom stereocenters. The first-order valence-electron chi connectivity index (χ1n) is 6.78. The molecule has 2 aromatic carbocycles. The highest BCUT2D eigenvalue weighted by Gasteiger charge is 2.08.